The van der Waals surface area contributed by atoms with Crippen molar-refractivity contribution in [2.24, 2.45) is 0 Å². The fourth-order valence-electron chi connectivity index (χ4n) is 3.80. The van der Waals surface area contributed by atoms with Crippen LogP contribution in [0.2, 0.25) is 0 Å². The molecule has 0 radical (unpaired) electrons. The van der Waals surface area contributed by atoms with Gasteiger partial charge in [-0.05, 0) is 20.8 Å². The highest BCUT2D eigenvalue weighted by molar-refractivity contribution is 5.88. The highest BCUT2D eigenvalue weighted by Gasteiger charge is 2.31. The molecule has 8 heteroatoms. The number of carboxylic acid groups (broad SMARTS) is 1. The molecule has 8 nitrogen and oxygen atoms in total. The van der Waals surface area contributed by atoms with Gasteiger partial charge in [-0.15, -0.1) is 0 Å². The lowest BCUT2D eigenvalue weighted by Crippen LogP contribution is -2.48. The molecule has 0 aromatic carbocycles. The van der Waals surface area contributed by atoms with Gasteiger partial charge in [0, 0.05) is 56.4 Å². The van der Waals surface area contributed by atoms with Crippen LogP contribution in [-0.2, 0) is 29.0 Å². The Morgan fingerprint density at radius 3 is 2.77 bits per heavy atom. The van der Waals surface area contributed by atoms with E-state index < -0.39 is 5.97 Å². The van der Waals surface area contributed by atoms with Gasteiger partial charge in [-0.3, -0.25) is 14.4 Å². The van der Waals surface area contributed by atoms with Gasteiger partial charge < -0.3 is 14.7 Å². The molecule has 1 saturated heterocycles. The zero-order chi connectivity index (χ0) is 18.8. The quantitative estimate of drug-likeness (QED) is 0.838. The van der Waals surface area contributed by atoms with E-state index in [2.05, 4.69) is 23.8 Å². The van der Waals surface area contributed by atoms with Crippen molar-refractivity contribution in [3.8, 4) is 0 Å². The molecule has 0 saturated carbocycles. The maximum atomic E-state index is 12.8. The molecule has 1 N–H and O–H groups in total. The van der Waals surface area contributed by atoms with Crippen LogP contribution in [0.5, 0.6) is 0 Å². The molecule has 3 heterocycles. The molecule has 1 aromatic rings. The molecule has 2 aliphatic rings. The maximum absolute atomic E-state index is 12.8. The summed E-state index contributed by atoms with van der Waals surface area (Å²) in [6.45, 7) is 10.1. The maximum Gasteiger partial charge on any atom is 0.356 e. The highest BCUT2D eigenvalue weighted by atomic mass is 16.5. The van der Waals surface area contributed by atoms with Crippen LogP contribution in [-0.4, -0.2) is 75.0 Å². The van der Waals surface area contributed by atoms with Crippen molar-refractivity contribution in [1.29, 1.82) is 0 Å². The summed E-state index contributed by atoms with van der Waals surface area (Å²) in [6, 6.07) is 0.437. The number of rotatable bonds is 5. The first-order chi connectivity index (χ1) is 12.4. The van der Waals surface area contributed by atoms with E-state index in [4.69, 9.17) is 4.74 Å². The first kappa shape index (κ1) is 18.8. The molecule has 0 spiro atoms. The number of carbonyl (C=O) groups is 2. The molecule has 0 unspecified atom stereocenters. The van der Waals surface area contributed by atoms with E-state index in [-0.39, 0.29) is 17.7 Å². The molecule has 1 aromatic heterocycles. The predicted octanol–water partition coefficient (Wildman–Crippen LogP) is 0.985. The number of aromatic nitrogens is 2. The number of hydrogen-bond donors (Lipinski definition) is 1. The third-order valence-electron chi connectivity index (χ3n) is 5.29. The van der Waals surface area contributed by atoms with Crippen LogP contribution in [0.3, 0.4) is 0 Å². The van der Waals surface area contributed by atoms with E-state index in [1.54, 1.807) is 9.58 Å². The summed E-state index contributed by atoms with van der Waals surface area (Å²) in [4.78, 5) is 28.3. The molecule has 3 rings (SSSR count). The molecule has 144 valence electrons. The van der Waals surface area contributed by atoms with Crippen LogP contribution in [0.25, 0.3) is 0 Å². The van der Waals surface area contributed by atoms with Crippen LogP contribution in [0.15, 0.2) is 0 Å². The number of hydrogen-bond acceptors (Lipinski definition) is 5. The molecule has 0 bridgehead atoms. The third kappa shape index (κ3) is 3.76. The van der Waals surface area contributed by atoms with Gasteiger partial charge in [-0.1, -0.05) is 0 Å². The lowest BCUT2D eigenvalue weighted by molar-refractivity contribution is -0.137. The molecular formula is C18H28N4O4. The zero-order valence-electron chi connectivity index (χ0n) is 15.8. The van der Waals surface area contributed by atoms with Gasteiger partial charge in [0.2, 0.25) is 5.91 Å². The number of aryl methyl sites for hydroxylation is 1. The van der Waals surface area contributed by atoms with Crippen molar-refractivity contribution in [2.75, 3.05) is 26.2 Å². The Balaban J connectivity index is 1.67. The number of ether oxygens (including phenoxy) is 1. The number of carboxylic acids is 1. The van der Waals surface area contributed by atoms with Crippen molar-refractivity contribution in [3.63, 3.8) is 0 Å². The summed E-state index contributed by atoms with van der Waals surface area (Å²) in [5.74, 6) is -1.02. The second-order valence-electron chi connectivity index (χ2n) is 7.25. The van der Waals surface area contributed by atoms with E-state index in [0.717, 1.165) is 18.8 Å². The average molecular weight is 364 g/mol. The highest BCUT2D eigenvalue weighted by Crippen LogP contribution is 2.24. The Morgan fingerprint density at radius 1 is 1.35 bits per heavy atom. The summed E-state index contributed by atoms with van der Waals surface area (Å²) in [5.41, 5.74) is 1.68. The summed E-state index contributed by atoms with van der Waals surface area (Å²) < 4.78 is 7.51. The van der Waals surface area contributed by atoms with E-state index in [0.29, 0.717) is 50.7 Å². The van der Waals surface area contributed by atoms with E-state index >= 15 is 0 Å². The van der Waals surface area contributed by atoms with Crippen molar-refractivity contribution in [1.82, 2.24) is 19.6 Å². The van der Waals surface area contributed by atoms with Gasteiger partial charge in [-0.2, -0.15) is 5.10 Å². The van der Waals surface area contributed by atoms with Gasteiger partial charge in [0.25, 0.3) is 0 Å². The van der Waals surface area contributed by atoms with Gasteiger partial charge in [0.15, 0.2) is 5.69 Å². The van der Waals surface area contributed by atoms with Gasteiger partial charge in [0.1, 0.15) is 0 Å². The Hall–Kier alpha value is -1.93. The number of amides is 1. The Morgan fingerprint density at radius 2 is 2.12 bits per heavy atom. The number of morpholine rings is 1. The Labute approximate surface area is 153 Å². The van der Waals surface area contributed by atoms with Gasteiger partial charge in [0.05, 0.1) is 19.1 Å². The number of carbonyl (C=O) groups excluding carboxylic acids is 1. The van der Waals surface area contributed by atoms with Crippen molar-refractivity contribution < 1.29 is 19.4 Å². The fraction of sp³-hybridized carbons (Fsp3) is 0.722. The normalized spacial score (nSPS) is 21.1. The fourth-order valence-corrected chi connectivity index (χ4v) is 3.80. The second-order valence-corrected chi connectivity index (χ2v) is 7.25. The van der Waals surface area contributed by atoms with Crippen LogP contribution in [0.1, 0.15) is 48.9 Å². The molecule has 1 fully saturated rings. The lowest BCUT2D eigenvalue weighted by Gasteiger charge is -2.36. The first-order valence-corrected chi connectivity index (χ1v) is 9.36. The minimum Gasteiger partial charge on any atom is -0.476 e. The average Bonchev–Trinajstić information content (AvgIpc) is 3.00. The molecule has 1 atom stereocenters. The second kappa shape index (κ2) is 7.75. The van der Waals surface area contributed by atoms with E-state index in [1.807, 2.05) is 6.92 Å². The number of fused-ring (bicyclic) bond motifs is 1. The smallest absolute Gasteiger partial charge is 0.356 e. The molecule has 0 aliphatic carbocycles. The third-order valence-corrected chi connectivity index (χ3v) is 5.29. The lowest BCUT2D eigenvalue weighted by atomic mass is 10.0. The molecule has 26 heavy (non-hydrogen) atoms. The summed E-state index contributed by atoms with van der Waals surface area (Å²) in [6.07, 6.45) is 0.874. The zero-order valence-corrected chi connectivity index (χ0v) is 15.8. The standard InChI is InChI=1S/C18H28N4O4/c1-4-22-15-5-6-21(11-14(15)17(19-22)18(24)25)16(23)9-13-10-20(12(2)3)7-8-26-13/h12-13H,4-11H2,1-3H3,(H,24,25)/t13-/m0/s1. The summed E-state index contributed by atoms with van der Waals surface area (Å²) >= 11 is 0. The van der Waals surface area contributed by atoms with Gasteiger partial charge >= 0.3 is 5.97 Å². The van der Waals surface area contributed by atoms with Crippen LogP contribution < -0.4 is 0 Å². The Kier molecular flexibility index (Phi) is 5.62. The van der Waals surface area contributed by atoms with Crippen LogP contribution in [0.4, 0.5) is 0 Å². The predicted molar refractivity (Wildman–Crippen MR) is 95.0 cm³/mol. The topological polar surface area (TPSA) is 87.9 Å². The monoisotopic (exact) mass is 364 g/mol. The number of nitrogens with zero attached hydrogens (tertiary/aromatic N) is 4. The summed E-state index contributed by atoms with van der Waals surface area (Å²) in [5, 5.41) is 13.6. The molecule has 2 aliphatic heterocycles. The van der Waals surface area contributed by atoms with Crippen molar-refractivity contribution in [2.45, 2.75) is 58.8 Å². The summed E-state index contributed by atoms with van der Waals surface area (Å²) in [7, 11) is 0. The largest absolute Gasteiger partial charge is 0.476 e. The van der Waals surface area contributed by atoms with E-state index in [1.165, 1.54) is 0 Å². The molecule has 1 amide bonds. The van der Waals surface area contributed by atoms with Crippen molar-refractivity contribution >= 4 is 11.9 Å². The SMILES string of the molecule is CCn1nc(C(=O)O)c2c1CCN(C(=O)C[C@H]1CN(C(C)C)CCO1)C2. The minimum absolute atomic E-state index is 0.0202. The van der Waals surface area contributed by atoms with Gasteiger partial charge in [-0.25, -0.2) is 4.79 Å². The van der Waals surface area contributed by atoms with E-state index in [9.17, 15) is 14.7 Å². The first-order valence-electron chi connectivity index (χ1n) is 9.36. The number of aromatic carboxylic acids is 1. The minimum atomic E-state index is -1.04. The van der Waals surface area contributed by atoms with Crippen LogP contribution in [0, 0.1) is 0 Å². The molecular weight excluding hydrogens is 336 g/mol. The van der Waals surface area contributed by atoms with Crippen molar-refractivity contribution in [3.05, 3.63) is 17.0 Å². The Bertz CT molecular complexity index is 685. The van der Waals surface area contributed by atoms with Crippen LogP contribution >= 0.6 is 0 Å².